The van der Waals surface area contributed by atoms with E-state index in [2.05, 4.69) is 15.6 Å². The zero-order valence-electron chi connectivity index (χ0n) is 16.1. The largest absolute Gasteiger partial charge is 0.357 e. The Labute approximate surface area is 177 Å². The van der Waals surface area contributed by atoms with Gasteiger partial charge in [0.15, 0.2) is 17.6 Å². The minimum atomic E-state index is -0.836. The van der Waals surface area contributed by atoms with Gasteiger partial charge < -0.3 is 15.5 Å². The third kappa shape index (κ3) is 6.90. The van der Waals surface area contributed by atoms with E-state index in [4.69, 9.17) is 0 Å². The lowest BCUT2D eigenvalue weighted by molar-refractivity contribution is -0.133. The van der Waals surface area contributed by atoms with E-state index >= 15 is 0 Å². The summed E-state index contributed by atoms with van der Waals surface area (Å²) < 4.78 is 26.9. The molecule has 2 rings (SSSR count). The van der Waals surface area contributed by atoms with Crippen molar-refractivity contribution < 1.29 is 13.6 Å². The van der Waals surface area contributed by atoms with Gasteiger partial charge in [-0.3, -0.25) is 9.79 Å². The van der Waals surface area contributed by atoms with E-state index in [-0.39, 0.29) is 41.8 Å². The highest BCUT2D eigenvalue weighted by molar-refractivity contribution is 14.0. The zero-order chi connectivity index (χ0) is 19.1. The average Bonchev–Trinajstić information content (AvgIpc) is 3.06. The summed E-state index contributed by atoms with van der Waals surface area (Å²) in [7, 11) is 0. The lowest BCUT2D eigenvalue weighted by atomic mass is 10.1. The van der Waals surface area contributed by atoms with E-state index in [1.807, 2.05) is 25.7 Å². The summed E-state index contributed by atoms with van der Waals surface area (Å²) in [5, 5.41) is 6.49. The third-order valence-electron chi connectivity index (χ3n) is 4.36. The number of amides is 1. The van der Waals surface area contributed by atoms with Crippen LogP contribution >= 0.6 is 24.0 Å². The Morgan fingerprint density at radius 2 is 2.11 bits per heavy atom. The van der Waals surface area contributed by atoms with Crippen LogP contribution in [0.15, 0.2) is 23.2 Å². The smallest absolute Gasteiger partial charge is 0.225 e. The van der Waals surface area contributed by atoms with Crippen molar-refractivity contribution in [3.05, 3.63) is 35.4 Å². The number of nitrogens with one attached hydrogen (secondary N) is 2. The van der Waals surface area contributed by atoms with E-state index in [9.17, 15) is 13.6 Å². The summed E-state index contributed by atoms with van der Waals surface area (Å²) in [6.07, 6.45) is 1.18. The van der Waals surface area contributed by atoms with E-state index < -0.39 is 11.6 Å². The minimum absolute atomic E-state index is 0. The molecule has 8 heteroatoms. The Bertz CT molecular complexity index is 655. The van der Waals surface area contributed by atoms with Crippen molar-refractivity contribution in [3.63, 3.8) is 0 Å². The summed E-state index contributed by atoms with van der Waals surface area (Å²) in [5.74, 6) is -0.848. The van der Waals surface area contributed by atoms with Gasteiger partial charge in [0, 0.05) is 38.1 Å². The van der Waals surface area contributed by atoms with Crippen molar-refractivity contribution in [1.82, 2.24) is 15.5 Å². The molecule has 0 aromatic heterocycles. The fraction of sp³-hybridized carbons (Fsp3) is 0.579. The summed E-state index contributed by atoms with van der Waals surface area (Å²) >= 11 is 0. The molecule has 1 aromatic rings. The number of rotatable bonds is 6. The molecule has 0 radical (unpaired) electrons. The van der Waals surface area contributed by atoms with Crippen LogP contribution in [0.1, 0.15) is 32.8 Å². The second kappa shape index (κ2) is 11.4. The first-order chi connectivity index (χ1) is 12.4. The van der Waals surface area contributed by atoms with E-state index in [1.54, 1.807) is 6.07 Å². The van der Waals surface area contributed by atoms with Gasteiger partial charge in [0.25, 0.3) is 0 Å². The molecule has 0 bridgehead atoms. The van der Waals surface area contributed by atoms with Crippen LogP contribution in [0.3, 0.4) is 0 Å². The number of aliphatic imine (C=N–C) groups is 1. The van der Waals surface area contributed by atoms with Gasteiger partial charge in [-0.15, -0.1) is 24.0 Å². The summed E-state index contributed by atoms with van der Waals surface area (Å²) in [6.45, 7) is 8.20. The number of likely N-dealkylation sites (tertiary alicyclic amines) is 1. The third-order valence-corrected chi connectivity index (χ3v) is 4.36. The minimum Gasteiger partial charge on any atom is -0.357 e. The van der Waals surface area contributed by atoms with Crippen LogP contribution in [0, 0.1) is 17.6 Å². The molecule has 1 atom stereocenters. The maximum Gasteiger partial charge on any atom is 0.225 e. The molecule has 27 heavy (non-hydrogen) atoms. The fourth-order valence-electron chi connectivity index (χ4n) is 2.99. The number of guanidine groups is 1. The number of halogens is 3. The monoisotopic (exact) mass is 494 g/mol. The lowest BCUT2D eigenvalue weighted by Gasteiger charge is -2.20. The highest BCUT2D eigenvalue weighted by Gasteiger charge is 2.27. The average molecular weight is 494 g/mol. The molecule has 0 saturated carbocycles. The summed E-state index contributed by atoms with van der Waals surface area (Å²) in [4.78, 5) is 18.4. The Morgan fingerprint density at radius 3 is 2.78 bits per heavy atom. The van der Waals surface area contributed by atoms with E-state index in [1.165, 1.54) is 6.07 Å². The van der Waals surface area contributed by atoms with E-state index in [0.29, 0.717) is 37.6 Å². The van der Waals surface area contributed by atoms with Gasteiger partial charge in [-0.1, -0.05) is 26.0 Å². The molecule has 1 amide bonds. The predicted octanol–water partition coefficient (Wildman–Crippen LogP) is 2.94. The van der Waals surface area contributed by atoms with Crippen LogP contribution in [0.5, 0.6) is 0 Å². The molecule has 1 aromatic carbocycles. The van der Waals surface area contributed by atoms with Crippen LogP contribution in [-0.2, 0) is 11.2 Å². The van der Waals surface area contributed by atoms with Crippen molar-refractivity contribution in [1.29, 1.82) is 0 Å². The van der Waals surface area contributed by atoms with Crippen molar-refractivity contribution >= 4 is 35.8 Å². The van der Waals surface area contributed by atoms with Crippen LogP contribution < -0.4 is 10.6 Å². The van der Waals surface area contributed by atoms with Gasteiger partial charge in [-0.2, -0.15) is 0 Å². The van der Waals surface area contributed by atoms with Gasteiger partial charge in [-0.05, 0) is 31.4 Å². The van der Waals surface area contributed by atoms with Crippen LogP contribution in [0.25, 0.3) is 0 Å². The second-order valence-electron chi connectivity index (χ2n) is 6.79. The molecule has 2 N–H and O–H groups in total. The fourth-order valence-corrected chi connectivity index (χ4v) is 2.99. The van der Waals surface area contributed by atoms with Gasteiger partial charge in [0.05, 0.1) is 0 Å². The topological polar surface area (TPSA) is 56.7 Å². The first-order valence-corrected chi connectivity index (χ1v) is 9.18. The second-order valence-corrected chi connectivity index (χ2v) is 6.79. The molecule has 5 nitrogen and oxygen atoms in total. The van der Waals surface area contributed by atoms with Gasteiger partial charge >= 0.3 is 0 Å². The van der Waals surface area contributed by atoms with E-state index in [0.717, 1.165) is 19.0 Å². The van der Waals surface area contributed by atoms with Crippen LogP contribution in [0.2, 0.25) is 0 Å². The Balaban J connectivity index is 0.00000364. The highest BCUT2D eigenvalue weighted by atomic mass is 127. The van der Waals surface area contributed by atoms with Gasteiger partial charge in [-0.25, -0.2) is 8.78 Å². The Hall–Kier alpha value is -1.45. The molecule has 1 aliphatic heterocycles. The number of carbonyl (C=O) groups excluding carboxylic acids is 1. The standard InChI is InChI=1S/C19H28F2N4O.HI/c1-4-22-19(23-10-8-14-6-5-7-16(20)17(14)21)24-15-9-11-25(12-15)18(26)13(2)3;/h5-7,13,15H,4,8-12H2,1-3H3,(H2,22,23,24);1H. The van der Waals surface area contributed by atoms with Gasteiger partial charge in [0.2, 0.25) is 5.91 Å². The number of carbonyl (C=O) groups is 1. The normalized spacial score (nSPS) is 17.0. The highest BCUT2D eigenvalue weighted by Crippen LogP contribution is 2.13. The Morgan fingerprint density at radius 1 is 1.37 bits per heavy atom. The lowest BCUT2D eigenvalue weighted by Crippen LogP contribution is -2.45. The molecule has 152 valence electrons. The van der Waals surface area contributed by atoms with Crippen molar-refractivity contribution in [2.24, 2.45) is 10.9 Å². The first kappa shape index (κ1) is 23.6. The maximum atomic E-state index is 13.7. The molecule has 1 unspecified atom stereocenters. The van der Waals surface area contributed by atoms with Crippen LogP contribution in [0.4, 0.5) is 8.78 Å². The van der Waals surface area contributed by atoms with Crippen molar-refractivity contribution in [2.75, 3.05) is 26.2 Å². The summed E-state index contributed by atoms with van der Waals surface area (Å²) in [5.41, 5.74) is 0.319. The van der Waals surface area contributed by atoms with Crippen LogP contribution in [-0.4, -0.2) is 49.0 Å². The van der Waals surface area contributed by atoms with Crippen molar-refractivity contribution in [2.45, 2.75) is 39.7 Å². The Kier molecular flexibility index (Phi) is 9.97. The number of hydrogen-bond donors (Lipinski definition) is 2. The molecule has 0 aliphatic carbocycles. The molecule has 1 aliphatic rings. The molecule has 0 spiro atoms. The summed E-state index contributed by atoms with van der Waals surface area (Å²) in [6, 6.07) is 4.32. The number of hydrogen-bond acceptors (Lipinski definition) is 2. The first-order valence-electron chi connectivity index (χ1n) is 9.18. The number of benzene rings is 1. The molecular formula is C19H29F2IN4O. The van der Waals surface area contributed by atoms with Gasteiger partial charge in [0.1, 0.15) is 0 Å². The quantitative estimate of drug-likeness (QED) is 0.364. The molecular weight excluding hydrogens is 465 g/mol. The predicted molar refractivity (Wildman–Crippen MR) is 114 cm³/mol. The number of nitrogens with zero attached hydrogens (tertiary/aromatic N) is 2. The van der Waals surface area contributed by atoms with Crippen molar-refractivity contribution in [3.8, 4) is 0 Å². The SMILES string of the molecule is CCNC(=NCCc1cccc(F)c1F)NC1CCN(C(=O)C(C)C)C1.I. The molecule has 1 fully saturated rings. The zero-order valence-corrected chi connectivity index (χ0v) is 18.4. The maximum absolute atomic E-state index is 13.7. The molecule has 1 heterocycles. The molecule has 1 saturated heterocycles.